The number of aromatic nitrogens is 2. The number of hydrogen-bond acceptors (Lipinski definition) is 4. The van der Waals surface area contributed by atoms with Crippen molar-refractivity contribution in [2.75, 3.05) is 26.1 Å². The van der Waals surface area contributed by atoms with Gasteiger partial charge in [0.15, 0.2) is 17.5 Å². The van der Waals surface area contributed by atoms with Crippen LogP contribution in [0.5, 0.6) is 11.5 Å². The van der Waals surface area contributed by atoms with Crippen LogP contribution < -0.4 is 20.1 Å². The maximum Gasteiger partial charge on any atom is 0.195 e. The Hall–Kier alpha value is -3.22. The standard InChI is InChI=1S/C20H25N5O2/c1-5-27-18-12-14(10-11-17(18)26-4)23-20(21-2)22-13-19-24-15-8-6-7-9-16(15)25(19)3/h6-12H,5,13H2,1-4H3,(H2,21,22,23). The van der Waals surface area contributed by atoms with E-state index in [1.54, 1.807) is 14.2 Å². The first kappa shape index (κ1) is 18.6. The normalized spacial score (nSPS) is 11.5. The summed E-state index contributed by atoms with van der Waals surface area (Å²) < 4.78 is 13.0. The van der Waals surface area contributed by atoms with Crippen LogP contribution in [0, 0.1) is 0 Å². The first-order valence-corrected chi connectivity index (χ1v) is 8.85. The fourth-order valence-corrected chi connectivity index (χ4v) is 2.85. The molecule has 142 valence electrons. The number of nitrogens with zero attached hydrogens (tertiary/aromatic N) is 3. The van der Waals surface area contributed by atoms with Crippen molar-refractivity contribution in [2.45, 2.75) is 13.5 Å². The van der Waals surface area contributed by atoms with Gasteiger partial charge in [-0.3, -0.25) is 4.99 Å². The van der Waals surface area contributed by atoms with E-state index in [9.17, 15) is 0 Å². The van der Waals surface area contributed by atoms with E-state index < -0.39 is 0 Å². The van der Waals surface area contributed by atoms with Crippen molar-refractivity contribution in [3.63, 3.8) is 0 Å². The van der Waals surface area contributed by atoms with Crippen molar-refractivity contribution in [3.8, 4) is 11.5 Å². The van der Waals surface area contributed by atoms with Crippen LogP contribution in [0.2, 0.25) is 0 Å². The van der Waals surface area contributed by atoms with Gasteiger partial charge < -0.3 is 24.7 Å². The summed E-state index contributed by atoms with van der Waals surface area (Å²) in [7, 11) is 5.37. The lowest BCUT2D eigenvalue weighted by molar-refractivity contribution is 0.311. The maximum atomic E-state index is 5.62. The van der Waals surface area contributed by atoms with Crippen LogP contribution in [0.15, 0.2) is 47.5 Å². The monoisotopic (exact) mass is 367 g/mol. The second-order valence-corrected chi connectivity index (χ2v) is 5.93. The molecule has 2 N–H and O–H groups in total. The van der Waals surface area contributed by atoms with Crippen LogP contribution in [0.3, 0.4) is 0 Å². The minimum atomic E-state index is 0.555. The van der Waals surface area contributed by atoms with Crippen molar-refractivity contribution >= 4 is 22.7 Å². The molecular weight excluding hydrogens is 342 g/mol. The van der Waals surface area contributed by atoms with E-state index in [-0.39, 0.29) is 0 Å². The number of fused-ring (bicyclic) bond motifs is 1. The molecule has 27 heavy (non-hydrogen) atoms. The van der Waals surface area contributed by atoms with Gasteiger partial charge in [0.05, 0.1) is 31.3 Å². The maximum absolute atomic E-state index is 5.62. The second kappa shape index (κ2) is 8.44. The summed E-state index contributed by atoms with van der Waals surface area (Å²) in [6.45, 7) is 3.07. The lowest BCUT2D eigenvalue weighted by atomic mass is 10.2. The largest absolute Gasteiger partial charge is 0.493 e. The Balaban J connectivity index is 1.71. The summed E-state index contributed by atoms with van der Waals surface area (Å²) in [4.78, 5) is 8.95. The van der Waals surface area contributed by atoms with Crippen molar-refractivity contribution in [1.82, 2.24) is 14.9 Å². The van der Waals surface area contributed by atoms with Gasteiger partial charge in [0.1, 0.15) is 5.82 Å². The number of aliphatic imine (C=N–C) groups is 1. The SMILES string of the molecule is CCOc1cc(NC(=NC)NCc2nc3ccccc3n2C)ccc1OC. The zero-order valence-corrected chi connectivity index (χ0v) is 16.1. The van der Waals surface area contributed by atoms with Gasteiger partial charge in [-0.25, -0.2) is 4.98 Å². The third-order valence-electron chi connectivity index (χ3n) is 4.24. The van der Waals surface area contributed by atoms with Crippen LogP contribution >= 0.6 is 0 Å². The van der Waals surface area contributed by atoms with Crippen LogP contribution in [-0.4, -0.2) is 36.3 Å². The molecule has 0 aliphatic carbocycles. The number of para-hydroxylation sites is 2. The number of methoxy groups -OCH3 is 1. The minimum absolute atomic E-state index is 0.555. The van der Waals surface area contributed by atoms with Crippen LogP contribution in [-0.2, 0) is 13.6 Å². The molecule has 0 amide bonds. The topological polar surface area (TPSA) is 72.7 Å². The quantitative estimate of drug-likeness (QED) is 0.517. The molecule has 0 fully saturated rings. The number of hydrogen-bond donors (Lipinski definition) is 2. The zero-order chi connectivity index (χ0) is 19.2. The highest BCUT2D eigenvalue weighted by atomic mass is 16.5. The van der Waals surface area contributed by atoms with Gasteiger partial charge in [0, 0.05) is 25.8 Å². The van der Waals surface area contributed by atoms with E-state index in [1.165, 1.54) is 0 Å². The summed E-state index contributed by atoms with van der Waals surface area (Å²) in [5, 5.41) is 6.57. The lowest BCUT2D eigenvalue weighted by Crippen LogP contribution is -2.31. The fourth-order valence-electron chi connectivity index (χ4n) is 2.85. The van der Waals surface area contributed by atoms with E-state index in [0.29, 0.717) is 30.6 Å². The average molecular weight is 367 g/mol. The highest BCUT2D eigenvalue weighted by Gasteiger charge is 2.09. The fraction of sp³-hybridized carbons (Fsp3) is 0.300. The molecule has 0 unspecified atom stereocenters. The van der Waals surface area contributed by atoms with Gasteiger partial charge in [0.25, 0.3) is 0 Å². The molecule has 3 rings (SSSR count). The van der Waals surface area contributed by atoms with E-state index in [4.69, 9.17) is 9.47 Å². The Bertz CT molecular complexity index is 949. The third kappa shape index (κ3) is 4.13. The molecule has 0 atom stereocenters. The smallest absolute Gasteiger partial charge is 0.195 e. The summed E-state index contributed by atoms with van der Waals surface area (Å²) in [6.07, 6.45) is 0. The van der Waals surface area contributed by atoms with Gasteiger partial charge in [-0.05, 0) is 31.2 Å². The van der Waals surface area contributed by atoms with Crippen molar-refractivity contribution in [2.24, 2.45) is 12.0 Å². The Kier molecular flexibility index (Phi) is 5.80. The van der Waals surface area contributed by atoms with Crippen molar-refractivity contribution in [1.29, 1.82) is 0 Å². The van der Waals surface area contributed by atoms with E-state index in [2.05, 4.69) is 31.2 Å². The number of guanidine groups is 1. The van der Waals surface area contributed by atoms with Crippen LogP contribution in [0.4, 0.5) is 5.69 Å². The molecule has 7 nitrogen and oxygen atoms in total. The molecule has 0 aliphatic rings. The van der Waals surface area contributed by atoms with E-state index >= 15 is 0 Å². The first-order chi connectivity index (χ1) is 13.2. The second-order valence-electron chi connectivity index (χ2n) is 5.93. The minimum Gasteiger partial charge on any atom is -0.493 e. The van der Waals surface area contributed by atoms with Crippen molar-refractivity contribution < 1.29 is 9.47 Å². The number of benzene rings is 2. The molecule has 7 heteroatoms. The number of imidazole rings is 1. The first-order valence-electron chi connectivity index (χ1n) is 8.85. The summed E-state index contributed by atoms with van der Waals surface area (Å²) in [5.41, 5.74) is 2.95. The average Bonchev–Trinajstić information content (AvgIpc) is 3.01. The number of anilines is 1. The third-order valence-corrected chi connectivity index (χ3v) is 4.24. The Morgan fingerprint density at radius 1 is 1.19 bits per heavy atom. The van der Waals surface area contributed by atoms with Gasteiger partial charge in [0.2, 0.25) is 0 Å². The zero-order valence-electron chi connectivity index (χ0n) is 16.1. The highest BCUT2D eigenvalue weighted by molar-refractivity contribution is 5.93. The molecule has 0 spiro atoms. The number of ether oxygens (including phenoxy) is 2. The predicted octanol–water partition coefficient (Wildman–Crippen LogP) is 3.17. The number of aryl methyl sites for hydroxylation is 1. The molecule has 0 bridgehead atoms. The molecule has 1 heterocycles. The van der Waals surface area contributed by atoms with Gasteiger partial charge in [-0.2, -0.15) is 0 Å². The number of rotatable bonds is 6. The van der Waals surface area contributed by atoms with Gasteiger partial charge in [-0.15, -0.1) is 0 Å². The molecular formula is C20H25N5O2. The summed E-state index contributed by atoms with van der Waals surface area (Å²) in [5.74, 6) is 2.97. The molecule has 0 radical (unpaired) electrons. The molecule has 2 aromatic carbocycles. The Morgan fingerprint density at radius 3 is 2.70 bits per heavy atom. The number of nitrogens with one attached hydrogen (secondary N) is 2. The van der Waals surface area contributed by atoms with Crippen molar-refractivity contribution in [3.05, 3.63) is 48.3 Å². The molecule has 1 aromatic heterocycles. The molecule has 3 aromatic rings. The molecule has 0 saturated heterocycles. The van der Waals surface area contributed by atoms with Crippen LogP contribution in [0.25, 0.3) is 11.0 Å². The Morgan fingerprint density at radius 2 is 2.00 bits per heavy atom. The molecule has 0 aliphatic heterocycles. The highest BCUT2D eigenvalue weighted by Crippen LogP contribution is 2.30. The van der Waals surface area contributed by atoms with Crippen LogP contribution in [0.1, 0.15) is 12.7 Å². The van der Waals surface area contributed by atoms with Gasteiger partial charge in [-0.1, -0.05) is 12.1 Å². The van der Waals surface area contributed by atoms with Gasteiger partial charge >= 0.3 is 0 Å². The predicted molar refractivity (Wildman–Crippen MR) is 109 cm³/mol. The molecule has 0 saturated carbocycles. The Labute approximate surface area is 159 Å². The summed E-state index contributed by atoms with van der Waals surface area (Å²) in [6, 6.07) is 13.8. The van der Waals surface area contributed by atoms with E-state index in [0.717, 1.165) is 22.5 Å². The summed E-state index contributed by atoms with van der Waals surface area (Å²) >= 11 is 0. The lowest BCUT2D eigenvalue weighted by Gasteiger charge is -2.14. The van der Waals surface area contributed by atoms with E-state index in [1.807, 2.05) is 50.4 Å².